The minimum absolute atomic E-state index is 0.0817. The second kappa shape index (κ2) is 9.22. The molecule has 1 aromatic heterocycles. The highest BCUT2D eigenvalue weighted by molar-refractivity contribution is 5.95. The van der Waals surface area contributed by atoms with Gasteiger partial charge in [0.1, 0.15) is 23.2 Å². The first-order chi connectivity index (χ1) is 15.2. The summed E-state index contributed by atoms with van der Waals surface area (Å²) in [6.45, 7) is 4.43. The lowest BCUT2D eigenvalue weighted by Crippen LogP contribution is -2.55. The summed E-state index contributed by atoms with van der Waals surface area (Å²) in [6.07, 6.45) is -1.85. The summed E-state index contributed by atoms with van der Waals surface area (Å²) in [5, 5.41) is 0. The minimum Gasteiger partial charge on any atom is -0.487 e. The number of benzene rings is 1. The number of anilines is 1. The fourth-order valence-electron chi connectivity index (χ4n) is 3.43. The zero-order valence-corrected chi connectivity index (χ0v) is 17.9. The predicted octanol–water partition coefficient (Wildman–Crippen LogP) is 4.42. The Kier molecular flexibility index (Phi) is 6.80. The monoisotopic (exact) mass is 456 g/mol. The maximum atomic E-state index is 13.5. The fraction of sp³-hybridized carbons (Fsp3) is 0.455. The number of hydrogen-bond donors (Lipinski definition) is 0. The number of hydrogen-bond acceptors (Lipinski definition) is 5. The van der Waals surface area contributed by atoms with Crippen LogP contribution in [0.2, 0.25) is 0 Å². The number of aromatic nitrogens is 1. The number of esters is 1. The molecule has 2 aliphatic rings. The Balaban J connectivity index is 0.00000141. The van der Waals surface area contributed by atoms with Crippen LogP contribution in [0.5, 0.6) is 5.75 Å². The van der Waals surface area contributed by atoms with Crippen LogP contribution in [-0.4, -0.2) is 36.8 Å². The molecule has 0 N–H and O–H groups in total. The van der Waals surface area contributed by atoms with Gasteiger partial charge in [-0.3, -0.25) is 4.79 Å². The molecule has 1 aromatic carbocycles. The van der Waals surface area contributed by atoms with E-state index >= 15 is 0 Å². The number of alkyl halides is 3. The number of nitrogens with zero attached hydrogens (tertiary/aromatic N) is 2. The molecule has 1 aliphatic heterocycles. The van der Waals surface area contributed by atoms with Crippen LogP contribution in [0.4, 0.5) is 23.2 Å². The van der Waals surface area contributed by atoms with E-state index in [0.717, 1.165) is 25.0 Å². The van der Waals surface area contributed by atoms with Crippen LogP contribution in [0.25, 0.3) is 0 Å². The van der Waals surface area contributed by atoms with Crippen molar-refractivity contribution in [2.24, 2.45) is 0 Å². The van der Waals surface area contributed by atoms with Gasteiger partial charge in [-0.15, -0.1) is 0 Å². The number of methoxy groups -OCH3 is 1. The van der Waals surface area contributed by atoms with Crippen molar-refractivity contribution >= 4 is 11.7 Å². The smallest absolute Gasteiger partial charge is 0.416 e. The topological polar surface area (TPSA) is 60.8 Å². The number of rotatable bonds is 5. The van der Waals surface area contributed by atoms with E-state index in [0.29, 0.717) is 11.8 Å². The first-order valence-electron chi connectivity index (χ1n) is 10.3. The number of halogens is 4. The second-order valence-electron chi connectivity index (χ2n) is 7.33. The van der Waals surface area contributed by atoms with Crippen molar-refractivity contribution < 1.29 is 31.8 Å². The highest BCUT2D eigenvalue weighted by Crippen LogP contribution is 2.36. The molecular weight excluding hydrogens is 432 g/mol. The first-order valence-corrected chi connectivity index (χ1v) is 10.3. The Hall–Kier alpha value is -3.04. The van der Waals surface area contributed by atoms with Crippen LogP contribution in [0, 0.1) is 5.82 Å². The lowest BCUT2D eigenvalue weighted by atomic mass is 10.1. The molecule has 0 bridgehead atoms. The van der Waals surface area contributed by atoms with Gasteiger partial charge in [-0.25, -0.2) is 9.18 Å². The third-order valence-corrected chi connectivity index (χ3v) is 5.12. The zero-order chi connectivity index (χ0) is 23.6. The molecule has 0 atom stereocenters. The first kappa shape index (κ1) is 23.6. The maximum absolute atomic E-state index is 13.5. The van der Waals surface area contributed by atoms with Crippen LogP contribution in [0.15, 0.2) is 35.3 Å². The quantitative estimate of drug-likeness (QED) is 0.493. The molecule has 32 heavy (non-hydrogen) atoms. The third kappa shape index (κ3) is 4.89. The molecule has 4 rings (SSSR count). The van der Waals surface area contributed by atoms with Crippen molar-refractivity contribution in [1.82, 2.24) is 4.57 Å². The molecular formula is C22H24F4N2O4. The van der Waals surface area contributed by atoms with Gasteiger partial charge in [0.15, 0.2) is 0 Å². The SMILES string of the molecule is CC.COC(=O)c1c(N2CC(Oc3cc(F)cc(C(F)(F)F)c3)C2)ccn(C2CC2)c1=O. The molecule has 2 heterocycles. The normalized spacial score (nSPS) is 16.0. The summed E-state index contributed by atoms with van der Waals surface area (Å²) in [7, 11) is 1.18. The molecule has 0 spiro atoms. The van der Waals surface area contributed by atoms with Gasteiger partial charge in [0.2, 0.25) is 0 Å². The highest BCUT2D eigenvalue weighted by atomic mass is 19.4. The summed E-state index contributed by atoms with van der Waals surface area (Å²) in [6, 6.07) is 3.75. The average molecular weight is 456 g/mol. The van der Waals surface area contributed by atoms with Gasteiger partial charge in [-0.1, -0.05) is 13.8 Å². The van der Waals surface area contributed by atoms with Crippen LogP contribution in [0.1, 0.15) is 48.7 Å². The summed E-state index contributed by atoms with van der Waals surface area (Å²) < 4.78 is 63.8. The van der Waals surface area contributed by atoms with Crippen LogP contribution < -0.4 is 15.2 Å². The number of pyridine rings is 1. The Morgan fingerprint density at radius 3 is 2.34 bits per heavy atom. The third-order valence-electron chi connectivity index (χ3n) is 5.12. The van der Waals surface area contributed by atoms with Gasteiger partial charge in [-0.05, 0) is 31.0 Å². The van der Waals surface area contributed by atoms with Crippen molar-refractivity contribution in [2.75, 3.05) is 25.1 Å². The van der Waals surface area contributed by atoms with Crippen LogP contribution in [0.3, 0.4) is 0 Å². The van der Waals surface area contributed by atoms with E-state index in [-0.39, 0.29) is 30.4 Å². The van der Waals surface area contributed by atoms with Crippen molar-refractivity contribution in [3.8, 4) is 5.75 Å². The molecule has 1 saturated carbocycles. The minimum atomic E-state index is -4.69. The summed E-state index contributed by atoms with van der Waals surface area (Å²) in [5.74, 6) is -2.04. The Bertz CT molecular complexity index is 1040. The Morgan fingerprint density at radius 1 is 1.12 bits per heavy atom. The van der Waals surface area contributed by atoms with Gasteiger partial charge in [-0.2, -0.15) is 13.2 Å². The van der Waals surface area contributed by atoms with Gasteiger partial charge >= 0.3 is 12.1 Å². The van der Waals surface area contributed by atoms with E-state index in [4.69, 9.17) is 9.47 Å². The van der Waals surface area contributed by atoms with Crippen LogP contribution in [-0.2, 0) is 10.9 Å². The van der Waals surface area contributed by atoms with E-state index in [1.807, 2.05) is 13.8 Å². The highest BCUT2D eigenvalue weighted by Gasteiger charge is 2.36. The molecule has 1 saturated heterocycles. The van der Waals surface area contributed by atoms with Crippen molar-refractivity contribution in [2.45, 2.75) is 45.0 Å². The molecule has 0 amide bonds. The lowest BCUT2D eigenvalue weighted by molar-refractivity contribution is -0.137. The van der Waals surface area contributed by atoms with Crippen LogP contribution >= 0.6 is 0 Å². The molecule has 2 aromatic rings. The predicted molar refractivity (Wildman–Crippen MR) is 110 cm³/mol. The van der Waals surface area contributed by atoms with E-state index < -0.39 is 35.2 Å². The van der Waals surface area contributed by atoms with E-state index in [2.05, 4.69) is 0 Å². The van der Waals surface area contributed by atoms with E-state index in [9.17, 15) is 27.2 Å². The molecule has 0 radical (unpaired) electrons. The lowest BCUT2D eigenvalue weighted by Gasteiger charge is -2.41. The molecule has 0 unspecified atom stereocenters. The molecule has 2 fully saturated rings. The van der Waals surface area contributed by atoms with Gasteiger partial charge in [0, 0.05) is 18.3 Å². The average Bonchev–Trinajstić information content (AvgIpc) is 3.55. The summed E-state index contributed by atoms with van der Waals surface area (Å²) >= 11 is 0. The van der Waals surface area contributed by atoms with Crippen molar-refractivity contribution in [3.63, 3.8) is 0 Å². The van der Waals surface area contributed by atoms with Crippen molar-refractivity contribution in [1.29, 1.82) is 0 Å². The van der Waals surface area contributed by atoms with E-state index in [1.165, 1.54) is 11.7 Å². The van der Waals surface area contributed by atoms with Gasteiger partial charge in [0.25, 0.3) is 5.56 Å². The molecule has 1 aliphatic carbocycles. The maximum Gasteiger partial charge on any atom is 0.416 e. The van der Waals surface area contributed by atoms with Crippen molar-refractivity contribution in [3.05, 3.63) is 57.8 Å². The molecule has 10 heteroatoms. The second-order valence-corrected chi connectivity index (χ2v) is 7.33. The number of carbonyl (C=O) groups excluding carboxylic acids is 1. The summed E-state index contributed by atoms with van der Waals surface area (Å²) in [5.41, 5.74) is -1.29. The number of ether oxygens (including phenoxy) is 2. The molecule has 6 nitrogen and oxygen atoms in total. The number of carbonyl (C=O) groups is 1. The fourth-order valence-corrected chi connectivity index (χ4v) is 3.43. The standard InChI is InChI=1S/C20H18F4N2O4.C2H6/c1-29-19(28)17-16(4-5-26(18(17)27)13-2-3-13)25-9-15(10-25)30-14-7-11(20(22,23)24)6-12(21)8-14;1-2/h4-8,13,15H,2-3,9-10H2,1H3;1-2H3. The Morgan fingerprint density at radius 2 is 1.78 bits per heavy atom. The zero-order valence-electron chi connectivity index (χ0n) is 17.9. The summed E-state index contributed by atoms with van der Waals surface area (Å²) in [4.78, 5) is 26.6. The van der Waals surface area contributed by atoms with Gasteiger partial charge < -0.3 is 18.9 Å². The van der Waals surface area contributed by atoms with E-state index in [1.54, 1.807) is 17.2 Å². The Labute approximate surface area is 182 Å². The molecule has 174 valence electrons. The largest absolute Gasteiger partial charge is 0.487 e. The van der Waals surface area contributed by atoms with Gasteiger partial charge in [0.05, 0.1) is 31.5 Å².